The molecule has 102 valence electrons. The molecule has 1 nitrogen and oxygen atoms in total. The predicted molar refractivity (Wildman–Crippen MR) is 91.3 cm³/mol. The number of benzene rings is 2. The fourth-order valence-electron chi connectivity index (χ4n) is 2.42. The normalized spacial score (nSPS) is 12.8. The standard InChI is InChI=1S/C17H16BrNS/c1-11-5-7-12(8-6-11)9-16(19)14-10-20-17-13(14)3-2-4-15(17)18/h2-8,10,16H,9,19H2,1H3. The lowest BCUT2D eigenvalue weighted by Gasteiger charge is -2.11. The Morgan fingerprint density at radius 1 is 1.15 bits per heavy atom. The van der Waals surface area contributed by atoms with Gasteiger partial charge in [-0.2, -0.15) is 0 Å². The summed E-state index contributed by atoms with van der Waals surface area (Å²) >= 11 is 5.36. The summed E-state index contributed by atoms with van der Waals surface area (Å²) in [6.45, 7) is 2.10. The first-order valence-corrected chi connectivity index (χ1v) is 8.29. The molecule has 0 fully saturated rings. The van der Waals surface area contributed by atoms with E-state index in [0.717, 1.165) is 10.9 Å². The molecule has 2 aromatic carbocycles. The third-order valence-electron chi connectivity index (χ3n) is 3.56. The second-order valence-electron chi connectivity index (χ2n) is 5.10. The van der Waals surface area contributed by atoms with Crippen molar-refractivity contribution in [1.29, 1.82) is 0 Å². The SMILES string of the molecule is Cc1ccc(CC(N)c2csc3c(Br)cccc23)cc1. The first kappa shape index (κ1) is 13.8. The molecular weight excluding hydrogens is 330 g/mol. The van der Waals surface area contributed by atoms with E-state index >= 15 is 0 Å². The van der Waals surface area contributed by atoms with Crippen LogP contribution < -0.4 is 5.73 Å². The zero-order chi connectivity index (χ0) is 14.1. The largest absolute Gasteiger partial charge is 0.324 e. The molecule has 0 aliphatic carbocycles. The third-order valence-corrected chi connectivity index (χ3v) is 5.53. The van der Waals surface area contributed by atoms with Crippen molar-refractivity contribution in [2.24, 2.45) is 5.73 Å². The van der Waals surface area contributed by atoms with Gasteiger partial charge in [-0.15, -0.1) is 11.3 Å². The van der Waals surface area contributed by atoms with Crippen molar-refractivity contribution < 1.29 is 0 Å². The molecule has 0 amide bonds. The van der Waals surface area contributed by atoms with Gasteiger partial charge in [0.15, 0.2) is 0 Å². The summed E-state index contributed by atoms with van der Waals surface area (Å²) in [5, 5.41) is 3.46. The molecule has 20 heavy (non-hydrogen) atoms. The number of fused-ring (bicyclic) bond motifs is 1. The van der Waals surface area contributed by atoms with Crippen LogP contribution in [0.4, 0.5) is 0 Å². The Hall–Kier alpha value is -1.16. The van der Waals surface area contributed by atoms with Gasteiger partial charge in [0.1, 0.15) is 0 Å². The predicted octanol–water partition coefficient (Wildman–Crippen LogP) is 5.21. The molecular formula is C17H16BrNS. The summed E-state index contributed by atoms with van der Waals surface area (Å²) < 4.78 is 2.43. The van der Waals surface area contributed by atoms with Gasteiger partial charge in [0.05, 0.1) is 0 Å². The number of thiophene rings is 1. The van der Waals surface area contributed by atoms with Crippen molar-refractivity contribution >= 4 is 37.4 Å². The minimum Gasteiger partial charge on any atom is -0.324 e. The van der Waals surface area contributed by atoms with Crippen LogP contribution in [0.15, 0.2) is 52.3 Å². The molecule has 0 spiro atoms. The maximum absolute atomic E-state index is 6.42. The first-order chi connectivity index (χ1) is 9.65. The molecule has 3 aromatic rings. The van der Waals surface area contributed by atoms with E-state index in [9.17, 15) is 0 Å². The first-order valence-electron chi connectivity index (χ1n) is 6.62. The average molecular weight is 346 g/mol. The van der Waals surface area contributed by atoms with E-state index in [1.807, 2.05) is 0 Å². The van der Waals surface area contributed by atoms with Gasteiger partial charge < -0.3 is 5.73 Å². The maximum Gasteiger partial charge on any atom is 0.0488 e. The molecule has 1 heterocycles. The molecule has 0 aliphatic rings. The molecule has 1 unspecified atom stereocenters. The smallest absolute Gasteiger partial charge is 0.0488 e. The summed E-state index contributed by atoms with van der Waals surface area (Å²) in [6.07, 6.45) is 0.874. The van der Waals surface area contributed by atoms with Gasteiger partial charge in [-0.1, -0.05) is 42.0 Å². The highest BCUT2D eigenvalue weighted by Crippen LogP contribution is 2.35. The van der Waals surface area contributed by atoms with Crippen LogP contribution in [0.1, 0.15) is 22.7 Å². The average Bonchev–Trinajstić information content (AvgIpc) is 2.87. The molecule has 0 bridgehead atoms. The van der Waals surface area contributed by atoms with Crippen LogP contribution in [-0.4, -0.2) is 0 Å². The topological polar surface area (TPSA) is 26.0 Å². The Kier molecular flexibility index (Phi) is 3.92. The zero-order valence-electron chi connectivity index (χ0n) is 11.3. The summed E-state index contributed by atoms with van der Waals surface area (Å²) in [5.74, 6) is 0. The van der Waals surface area contributed by atoms with Gasteiger partial charge in [0, 0.05) is 15.2 Å². The van der Waals surface area contributed by atoms with E-state index in [2.05, 4.69) is 70.7 Å². The van der Waals surface area contributed by atoms with Crippen LogP contribution in [0.2, 0.25) is 0 Å². The molecule has 0 radical (unpaired) electrons. The number of aryl methyl sites for hydroxylation is 1. The highest BCUT2D eigenvalue weighted by Gasteiger charge is 2.13. The van der Waals surface area contributed by atoms with Crippen LogP contribution in [0.3, 0.4) is 0 Å². The van der Waals surface area contributed by atoms with Gasteiger partial charge in [-0.3, -0.25) is 0 Å². The van der Waals surface area contributed by atoms with Crippen molar-refractivity contribution in [1.82, 2.24) is 0 Å². The Balaban J connectivity index is 1.91. The highest BCUT2D eigenvalue weighted by atomic mass is 79.9. The molecule has 0 saturated heterocycles. The van der Waals surface area contributed by atoms with Gasteiger partial charge in [-0.05, 0) is 57.2 Å². The van der Waals surface area contributed by atoms with Gasteiger partial charge in [0.25, 0.3) is 0 Å². The number of nitrogens with two attached hydrogens (primary N) is 1. The van der Waals surface area contributed by atoms with Gasteiger partial charge >= 0.3 is 0 Å². The molecule has 2 N–H and O–H groups in total. The fourth-order valence-corrected chi connectivity index (χ4v) is 4.10. The maximum atomic E-state index is 6.42. The molecule has 0 aliphatic heterocycles. The van der Waals surface area contributed by atoms with Crippen LogP contribution in [-0.2, 0) is 6.42 Å². The Bertz CT molecular complexity index is 730. The third kappa shape index (κ3) is 2.66. The van der Waals surface area contributed by atoms with Crippen LogP contribution in [0.25, 0.3) is 10.1 Å². The van der Waals surface area contributed by atoms with Crippen molar-refractivity contribution in [2.45, 2.75) is 19.4 Å². The van der Waals surface area contributed by atoms with Crippen molar-refractivity contribution in [2.75, 3.05) is 0 Å². The van der Waals surface area contributed by atoms with E-state index in [0.29, 0.717) is 0 Å². The molecule has 1 aromatic heterocycles. The van der Waals surface area contributed by atoms with Crippen molar-refractivity contribution in [3.05, 3.63) is 69.0 Å². The van der Waals surface area contributed by atoms with Crippen molar-refractivity contribution in [3.8, 4) is 0 Å². The van der Waals surface area contributed by atoms with E-state index in [1.54, 1.807) is 11.3 Å². The molecule has 3 rings (SSSR count). The molecule has 1 atom stereocenters. The highest BCUT2D eigenvalue weighted by molar-refractivity contribution is 9.10. The Morgan fingerprint density at radius 3 is 2.65 bits per heavy atom. The number of halogens is 1. The van der Waals surface area contributed by atoms with E-state index in [-0.39, 0.29) is 6.04 Å². The Labute approximate surface area is 131 Å². The van der Waals surface area contributed by atoms with Gasteiger partial charge in [0.2, 0.25) is 0 Å². The van der Waals surface area contributed by atoms with Gasteiger partial charge in [-0.25, -0.2) is 0 Å². The van der Waals surface area contributed by atoms with E-state index < -0.39 is 0 Å². The lowest BCUT2D eigenvalue weighted by molar-refractivity contribution is 0.730. The molecule has 3 heteroatoms. The van der Waals surface area contributed by atoms with Crippen LogP contribution in [0.5, 0.6) is 0 Å². The Morgan fingerprint density at radius 2 is 1.90 bits per heavy atom. The van der Waals surface area contributed by atoms with E-state index in [4.69, 9.17) is 5.73 Å². The second kappa shape index (κ2) is 5.68. The minimum atomic E-state index is 0.0424. The summed E-state index contributed by atoms with van der Waals surface area (Å²) in [7, 11) is 0. The lowest BCUT2D eigenvalue weighted by atomic mass is 9.99. The fraction of sp³-hybridized carbons (Fsp3) is 0.176. The minimum absolute atomic E-state index is 0.0424. The monoisotopic (exact) mass is 345 g/mol. The van der Waals surface area contributed by atoms with E-state index in [1.165, 1.54) is 26.8 Å². The number of rotatable bonds is 3. The van der Waals surface area contributed by atoms with Crippen LogP contribution in [0, 0.1) is 6.92 Å². The summed E-state index contributed by atoms with van der Waals surface area (Å²) in [5.41, 5.74) is 10.2. The van der Waals surface area contributed by atoms with Crippen LogP contribution >= 0.6 is 27.3 Å². The number of hydrogen-bond donors (Lipinski definition) is 1. The summed E-state index contributed by atoms with van der Waals surface area (Å²) in [4.78, 5) is 0. The number of hydrogen-bond acceptors (Lipinski definition) is 2. The lowest BCUT2D eigenvalue weighted by Crippen LogP contribution is -2.12. The second-order valence-corrected chi connectivity index (χ2v) is 6.84. The summed E-state index contributed by atoms with van der Waals surface area (Å²) in [6, 6.07) is 15.0. The van der Waals surface area contributed by atoms with Crippen molar-refractivity contribution in [3.63, 3.8) is 0 Å². The quantitative estimate of drug-likeness (QED) is 0.692. The molecule has 0 saturated carbocycles. The zero-order valence-corrected chi connectivity index (χ0v) is 13.7.